The van der Waals surface area contributed by atoms with E-state index in [1.165, 1.54) is 5.56 Å². The molecule has 4 nitrogen and oxygen atoms in total. The number of carboxylic acid groups (broad SMARTS) is 1. The number of ether oxygens (including phenoxy) is 1. The van der Waals surface area contributed by atoms with Gasteiger partial charge in [0.05, 0.1) is 11.8 Å². The van der Waals surface area contributed by atoms with E-state index in [2.05, 4.69) is 26.0 Å². The zero-order valence-corrected chi connectivity index (χ0v) is 16.0. The van der Waals surface area contributed by atoms with E-state index >= 15 is 0 Å². The Morgan fingerprint density at radius 1 is 1.04 bits per heavy atom. The summed E-state index contributed by atoms with van der Waals surface area (Å²) in [5.74, 6) is -0.856. The normalized spacial score (nSPS) is 13.5. The van der Waals surface area contributed by atoms with E-state index in [1.54, 1.807) is 6.92 Å². The summed E-state index contributed by atoms with van der Waals surface area (Å²) in [7, 11) is 0. The molecular weight excluding hydrogens is 316 g/mol. The highest BCUT2D eigenvalue weighted by molar-refractivity contribution is 5.72. The summed E-state index contributed by atoms with van der Waals surface area (Å²) in [6.45, 7) is 8.34. The molecule has 0 bridgehead atoms. The van der Waals surface area contributed by atoms with Crippen LogP contribution in [-0.2, 0) is 27.4 Å². The predicted molar refractivity (Wildman–Crippen MR) is 99.2 cm³/mol. The van der Waals surface area contributed by atoms with Crippen molar-refractivity contribution in [2.75, 3.05) is 0 Å². The lowest BCUT2D eigenvalue weighted by Crippen LogP contribution is -2.18. The number of hydrogen-bond donors (Lipinski definition) is 1. The van der Waals surface area contributed by atoms with Crippen LogP contribution in [0.5, 0.6) is 0 Å². The molecule has 25 heavy (non-hydrogen) atoms. The molecule has 140 valence electrons. The smallest absolute Gasteiger partial charge is 0.309 e. The highest BCUT2D eigenvalue weighted by atomic mass is 16.5. The number of carboxylic acids is 1. The van der Waals surface area contributed by atoms with E-state index in [4.69, 9.17) is 9.84 Å². The molecule has 0 aliphatic carbocycles. The molecule has 1 rings (SSSR count). The van der Waals surface area contributed by atoms with E-state index in [0.717, 1.165) is 18.4 Å². The second-order valence-electron chi connectivity index (χ2n) is 7.30. The quantitative estimate of drug-likeness (QED) is 0.581. The molecule has 1 aromatic rings. The number of carbonyl (C=O) groups excluding carboxylic acids is 1. The lowest BCUT2D eigenvalue weighted by molar-refractivity contribution is -0.150. The fourth-order valence-corrected chi connectivity index (χ4v) is 2.80. The van der Waals surface area contributed by atoms with E-state index < -0.39 is 5.97 Å². The lowest BCUT2D eigenvalue weighted by Gasteiger charge is -2.15. The van der Waals surface area contributed by atoms with Gasteiger partial charge in [-0.15, -0.1) is 0 Å². The summed E-state index contributed by atoms with van der Waals surface area (Å²) in [6.07, 6.45) is 3.77. The van der Waals surface area contributed by atoms with Gasteiger partial charge in [0.1, 0.15) is 6.61 Å². The first-order valence-corrected chi connectivity index (χ1v) is 9.30. The molecule has 1 aromatic carbocycles. The van der Waals surface area contributed by atoms with Gasteiger partial charge >= 0.3 is 11.9 Å². The molecule has 0 aromatic heterocycles. The van der Waals surface area contributed by atoms with Gasteiger partial charge in [-0.25, -0.2) is 0 Å². The number of carbonyl (C=O) groups is 2. The van der Waals surface area contributed by atoms with Crippen LogP contribution in [0.3, 0.4) is 0 Å². The van der Waals surface area contributed by atoms with E-state index in [-0.39, 0.29) is 17.8 Å². The van der Waals surface area contributed by atoms with Crippen LogP contribution < -0.4 is 0 Å². The second kappa shape index (κ2) is 10.9. The van der Waals surface area contributed by atoms with Crippen LogP contribution in [-0.4, -0.2) is 17.0 Å². The maximum Gasteiger partial charge on any atom is 0.309 e. The van der Waals surface area contributed by atoms with Crippen molar-refractivity contribution in [1.82, 2.24) is 0 Å². The van der Waals surface area contributed by atoms with Crippen molar-refractivity contribution in [3.8, 4) is 0 Å². The Morgan fingerprint density at radius 2 is 1.64 bits per heavy atom. The van der Waals surface area contributed by atoms with Crippen molar-refractivity contribution >= 4 is 11.9 Å². The van der Waals surface area contributed by atoms with Crippen LogP contribution in [0.4, 0.5) is 0 Å². The Balaban J connectivity index is 2.41. The molecule has 0 spiro atoms. The van der Waals surface area contributed by atoms with Gasteiger partial charge in [0.2, 0.25) is 0 Å². The van der Waals surface area contributed by atoms with Crippen LogP contribution in [0.2, 0.25) is 0 Å². The zero-order chi connectivity index (χ0) is 18.8. The Labute approximate surface area is 151 Å². The minimum atomic E-state index is -0.781. The average molecular weight is 348 g/mol. The SMILES string of the molecule is CCC(CCCC(C)C(=O)O)C(=O)OCc1ccc(CC(C)C)cc1. The largest absolute Gasteiger partial charge is 0.481 e. The highest BCUT2D eigenvalue weighted by Crippen LogP contribution is 2.18. The van der Waals surface area contributed by atoms with Gasteiger partial charge < -0.3 is 9.84 Å². The van der Waals surface area contributed by atoms with Gasteiger partial charge in [-0.05, 0) is 42.7 Å². The Kier molecular flexibility index (Phi) is 9.25. The highest BCUT2D eigenvalue weighted by Gasteiger charge is 2.19. The minimum absolute atomic E-state index is 0.152. The van der Waals surface area contributed by atoms with Crippen LogP contribution in [0.25, 0.3) is 0 Å². The van der Waals surface area contributed by atoms with Gasteiger partial charge in [0.15, 0.2) is 0 Å². The third kappa shape index (κ3) is 8.19. The van der Waals surface area contributed by atoms with Crippen molar-refractivity contribution in [2.45, 2.75) is 66.4 Å². The summed E-state index contributed by atoms with van der Waals surface area (Å²) in [6, 6.07) is 8.21. The van der Waals surface area contributed by atoms with E-state index in [0.29, 0.717) is 31.8 Å². The van der Waals surface area contributed by atoms with Gasteiger partial charge in [0, 0.05) is 0 Å². The summed E-state index contributed by atoms with van der Waals surface area (Å²) in [5, 5.41) is 8.90. The summed E-state index contributed by atoms with van der Waals surface area (Å²) >= 11 is 0. The van der Waals surface area contributed by atoms with E-state index in [9.17, 15) is 9.59 Å². The second-order valence-corrected chi connectivity index (χ2v) is 7.30. The van der Waals surface area contributed by atoms with Crippen molar-refractivity contribution < 1.29 is 19.4 Å². The number of rotatable bonds is 11. The Morgan fingerprint density at radius 3 is 2.16 bits per heavy atom. The third-order valence-electron chi connectivity index (χ3n) is 4.49. The first kappa shape index (κ1) is 21.2. The molecule has 0 fully saturated rings. The maximum atomic E-state index is 12.2. The fraction of sp³-hybridized carbons (Fsp3) is 0.619. The first-order valence-electron chi connectivity index (χ1n) is 9.30. The molecular formula is C21H32O4. The number of benzene rings is 1. The molecule has 0 saturated heterocycles. The number of esters is 1. The minimum Gasteiger partial charge on any atom is -0.481 e. The molecule has 2 atom stereocenters. The monoisotopic (exact) mass is 348 g/mol. The molecule has 0 amide bonds. The molecule has 0 heterocycles. The molecule has 2 unspecified atom stereocenters. The number of hydrogen-bond acceptors (Lipinski definition) is 3. The Hall–Kier alpha value is -1.84. The van der Waals surface area contributed by atoms with Gasteiger partial charge in [-0.1, -0.05) is 58.4 Å². The van der Waals surface area contributed by atoms with Crippen LogP contribution in [0.15, 0.2) is 24.3 Å². The fourth-order valence-electron chi connectivity index (χ4n) is 2.80. The standard InChI is InChI=1S/C21H32O4/c1-5-19(8-6-7-16(4)20(22)23)21(24)25-14-18-11-9-17(10-12-18)13-15(2)3/h9-12,15-16,19H,5-8,13-14H2,1-4H3,(H,22,23). The Bertz CT molecular complexity index is 533. The summed E-state index contributed by atoms with van der Waals surface area (Å²) < 4.78 is 5.45. The first-order chi connectivity index (χ1) is 11.8. The number of aliphatic carboxylic acids is 1. The molecule has 0 aliphatic rings. The van der Waals surface area contributed by atoms with Crippen molar-refractivity contribution in [3.63, 3.8) is 0 Å². The molecule has 4 heteroatoms. The molecule has 1 N–H and O–H groups in total. The summed E-state index contributed by atoms with van der Waals surface area (Å²) in [4.78, 5) is 23.1. The third-order valence-corrected chi connectivity index (χ3v) is 4.49. The van der Waals surface area contributed by atoms with Gasteiger partial charge in [0.25, 0.3) is 0 Å². The van der Waals surface area contributed by atoms with Crippen LogP contribution in [0.1, 0.15) is 64.5 Å². The summed E-state index contributed by atoms with van der Waals surface area (Å²) in [5.41, 5.74) is 2.29. The van der Waals surface area contributed by atoms with Gasteiger partial charge in [-0.2, -0.15) is 0 Å². The molecule has 0 saturated carbocycles. The topological polar surface area (TPSA) is 63.6 Å². The zero-order valence-electron chi connectivity index (χ0n) is 16.0. The van der Waals surface area contributed by atoms with Crippen molar-refractivity contribution in [2.24, 2.45) is 17.8 Å². The van der Waals surface area contributed by atoms with Gasteiger partial charge in [-0.3, -0.25) is 9.59 Å². The predicted octanol–water partition coefficient (Wildman–Crippen LogP) is 4.85. The lowest BCUT2D eigenvalue weighted by atomic mass is 9.96. The van der Waals surface area contributed by atoms with E-state index in [1.807, 2.05) is 19.1 Å². The van der Waals surface area contributed by atoms with Crippen molar-refractivity contribution in [3.05, 3.63) is 35.4 Å². The van der Waals surface area contributed by atoms with Crippen LogP contribution in [0, 0.1) is 17.8 Å². The average Bonchev–Trinajstić information content (AvgIpc) is 2.57. The maximum absolute atomic E-state index is 12.2. The molecule has 0 radical (unpaired) electrons. The van der Waals surface area contributed by atoms with Crippen LogP contribution >= 0.6 is 0 Å². The molecule has 0 aliphatic heterocycles. The van der Waals surface area contributed by atoms with Crippen molar-refractivity contribution in [1.29, 1.82) is 0 Å².